The standard InChI is InChI=1S/C14H16F3NO2.ClH/c1-7-8(15)6-9(16)10(11(7)17)14(18)5-3-4-13(2,20)12(14)19;/h6,20H,3-5,18H2,1-2H3;1H. The molecule has 7 heteroatoms. The summed E-state index contributed by atoms with van der Waals surface area (Å²) in [6.07, 6.45) is 0.514. The van der Waals surface area contributed by atoms with Crippen LogP contribution in [0, 0.1) is 24.4 Å². The van der Waals surface area contributed by atoms with Crippen LogP contribution in [0.3, 0.4) is 0 Å². The molecular weight excluding hydrogens is 307 g/mol. The largest absolute Gasteiger partial charge is 0.382 e. The number of nitrogens with two attached hydrogens (primary N) is 1. The van der Waals surface area contributed by atoms with E-state index in [0.717, 1.165) is 6.92 Å². The zero-order chi connectivity index (χ0) is 15.3. The monoisotopic (exact) mass is 323 g/mol. The molecule has 0 radical (unpaired) electrons. The van der Waals surface area contributed by atoms with Gasteiger partial charge >= 0.3 is 0 Å². The Morgan fingerprint density at radius 3 is 2.38 bits per heavy atom. The van der Waals surface area contributed by atoms with Gasteiger partial charge in [0.25, 0.3) is 0 Å². The molecule has 21 heavy (non-hydrogen) atoms. The van der Waals surface area contributed by atoms with Crippen molar-refractivity contribution in [1.82, 2.24) is 0 Å². The van der Waals surface area contributed by atoms with Crippen molar-refractivity contribution in [2.24, 2.45) is 5.73 Å². The lowest BCUT2D eigenvalue weighted by atomic mass is 9.69. The predicted octanol–water partition coefficient (Wildman–Crippen LogP) is 2.49. The van der Waals surface area contributed by atoms with Crippen molar-refractivity contribution in [1.29, 1.82) is 0 Å². The second-order valence-electron chi connectivity index (χ2n) is 5.58. The van der Waals surface area contributed by atoms with E-state index in [9.17, 15) is 23.1 Å². The zero-order valence-corrected chi connectivity index (χ0v) is 12.5. The summed E-state index contributed by atoms with van der Waals surface area (Å²) in [7, 11) is 0. The number of hydrogen-bond donors (Lipinski definition) is 2. The van der Waals surface area contributed by atoms with E-state index in [1.807, 2.05) is 0 Å². The van der Waals surface area contributed by atoms with E-state index in [0.29, 0.717) is 12.5 Å². The Labute approximate surface area is 126 Å². The van der Waals surface area contributed by atoms with Gasteiger partial charge in [0.1, 0.15) is 28.6 Å². The molecule has 0 saturated heterocycles. The van der Waals surface area contributed by atoms with E-state index >= 15 is 0 Å². The summed E-state index contributed by atoms with van der Waals surface area (Å²) in [6, 6.07) is 0.513. The Morgan fingerprint density at radius 1 is 1.24 bits per heavy atom. The summed E-state index contributed by atoms with van der Waals surface area (Å²) >= 11 is 0. The van der Waals surface area contributed by atoms with Crippen molar-refractivity contribution in [3.63, 3.8) is 0 Å². The predicted molar refractivity (Wildman–Crippen MR) is 73.6 cm³/mol. The van der Waals surface area contributed by atoms with Crippen LogP contribution in [0.5, 0.6) is 0 Å². The highest BCUT2D eigenvalue weighted by Crippen LogP contribution is 2.40. The molecule has 1 aliphatic rings. The molecule has 0 aliphatic heterocycles. The van der Waals surface area contributed by atoms with Gasteiger partial charge < -0.3 is 10.8 Å². The van der Waals surface area contributed by atoms with Gasteiger partial charge in [-0.1, -0.05) is 0 Å². The summed E-state index contributed by atoms with van der Waals surface area (Å²) in [5.74, 6) is -4.27. The third-order valence-corrected chi connectivity index (χ3v) is 3.97. The number of rotatable bonds is 1. The fraction of sp³-hybridized carbons (Fsp3) is 0.500. The number of hydrogen-bond acceptors (Lipinski definition) is 3. The normalized spacial score (nSPS) is 29.2. The van der Waals surface area contributed by atoms with Gasteiger partial charge in [0.15, 0.2) is 5.78 Å². The maximum atomic E-state index is 14.2. The second-order valence-corrected chi connectivity index (χ2v) is 5.58. The van der Waals surface area contributed by atoms with Crippen molar-refractivity contribution < 1.29 is 23.1 Å². The summed E-state index contributed by atoms with van der Waals surface area (Å²) in [5.41, 5.74) is 1.12. The molecule has 1 fully saturated rings. The van der Waals surface area contributed by atoms with Crippen molar-refractivity contribution in [2.75, 3.05) is 0 Å². The first-order valence-corrected chi connectivity index (χ1v) is 6.32. The lowest BCUT2D eigenvalue weighted by Crippen LogP contribution is -2.58. The van der Waals surface area contributed by atoms with Gasteiger partial charge in [0, 0.05) is 11.6 Å². The topological polar surface area (TPSA) is 63.3 Å². The van der Waals surface area contributed by atoms with Crippen molar-refractivity contribution >= 4 is 18.2 Å². The maximum Gasteiger partial charge on any atom is 0.188 e. The summed E-state index contributed by atoms with van der Waals surface area (Å²) < 4.78 is 41.4. The fourth-order valence-electron chi connectivity index (χ4n) is 2.76. The third-order valence-electron chi connectivity index (χ3n) is 3.97. The molecule has 1 aromatic carbocycles. The van der Waals surface area contributed by atoms with Gasteiger partial charge in [-0.15, -0.1) is 12.4 Å². The van der Waals surface area contributed by atoms with Crippen molar-refractivity contribution in [2.45, 2.75) is 44.2 Å². The molecule has 0 heterocycles. The Bertz CT molecular complexity index is 592. The summed E-state index contributed by atoms with van der Waals surface area (Å²) in [4.78, 5) is 12.3. The van der Waals surface area contributed by atoms with Crippen LogP contribution in [-0.4, -0.2) is 16.5 Å². The number of carbonyl (C=O) groups is 1. The van der Waals surface area contributed by atoms with Gasteiger partial charge in [-0.05, 0) is 33.1 Å². The first-order valence-electron chi connectivity index (χ1n) is 6.32. The van der Waals surface area contributed by atoms with Gasteiger partial charge in [0.05, 0.1) is 5.56 Å². The number of halogens is 4. The molecule has 1 saturated carbocycles. The van der Waals surface area contributed by atoms with Crippen LogP contribution in [0.4, 0.5) is 13.2 Å². The van der Waals surface area contributed by atoms with Crippen LogP contribution < -0.4 is 5.73 Å². The molecule has 3 N–H and O–H groups in total. The lowest BCUT2D eigenvalue weighted by molar-refractivity contribution is -0.146. The minimum absolute atomic E-state index is 0. The first kappa shape index (κ1) is 17.9. The van der Waals surface area contributed by atoms with E-state index < -0.39 is 45.5 Å². The second kappa shape index (κ2) is 5.59. The van der Waals surface area contributed by atoms with Crippen molar-refractivity contribution in [3.05, 3.63) is 34.6 Å². The molecule has 2 rings (SSSR count). The van der Waals surface area contributed by atoms with E-state index in [1.54, 1.807) is 0 Å². The highest BCUT2D eigenvalue weighted by molar-refractivity contribution is 5.96. The highest BCUT2D eigenvalue weighted by atomic mass is 35.5. The molecule has 0 aromatic heterocycles. The Kier molecular flexibility index (Phi) is 4.77. The van der Waals surface area contributed by atoms with Gasteiger partial charge in [-0.3, -0.25) is 4.79 Å². The number of carbonyl (C=O) groups excluding carboxylic acids is 1. The minimum atomic E-state index is -1.98. The van der Waals surface area contributed by atoms with Crippen molar-refractivity contribution in [3.8, 4) is 0 Å². The number of benzene rings is 1. The Balaban J connectivity index is 0.00000220. The van der Waals surface area contributed by atoms with Crippen LogP contribution in [0.15, 0.2) is 6.07 Å². The van der Waals surface area contributed by atoms with Crippen LogP contribution in [0.1, 0.15) is 37.3 Å². The fourth-order valence-corrected chi connectivity index (χ4v) is 2.76. The smallest absolute Gasteiger partial charge is 0.188 e. The average Bonchev–Trinajstić information content (AvgIpc) is 2.33. The molecule has 3 nitrogen and oxygen atoms in total. The molecule has 0 bridgehead atoms. The third kappa shape index (κ3) is 2.67. The highest BCUT2D eigenvalue weighted by Gasteiger charge is 2.51. The molecule has 0 amide bonds. The molecule has 1 aliphatic carbocycles. The Morgan fingerprint density at radius 2 is 1.81 bits per heavy atom. The molecule has 0 spiro atoms. The quantitative estimate of drug-likeness (QED) is 0.834. The summed E-state index contributed by atoms with van der Waals surface area (Å²) in [5, 5.41) is 10.00. The van der Waals surface area contributed by atoms with Gasteiger partial charge in [-0.25, -0.2) is 13.2 Å². The van der Waals surface area contributed by atoms with Crippen LogP contribution in [0.25, 0.3) is 0 Å². The maximum absolute atomic E-state index is 14.2. The van der Waals surface area contributed by atoms with Crippen LogP contribution in [0.2, 0.25) is 0 Å². The van der Waals surface area contributed by atoms with Gasteiger partial charge in [0.2, 0.25) is 0 Å². The number of Topliss-reactive ketones (excluding diaryl/α,β-unsaturated/α-hetero) is 1. The van der Waals surface area contributed by atoms with E-state index in [4.69, 9.17) is 5.73 Å². The molecule has 2 atom stereocenters. The lowest BCUT2D eigenvalue weighted by Gasteiger charge is -2.40. The molecule has 2 unspecified atom stereocenters. The first-order chi connectivity index (χ1) is 9.11. The molecule has 118 valence electrons. The van der Waals surface area contributed by atoms with Crippen LogP contribution in [-0.2, 0) is 10.3 Å². The molecule has 1 aromatic rings. The number of ketones is 1. The SMILES string of the molecule is Cc1c(F)cc(F)c(C2(N)CCCC(C)(O)C2=O)c1F.Cl. The van der Waals surface area contributed by atoms with Gasteiger partial charge in [-0.2, -0.15) is 0 Å². The van der Waals surface area contributed by atoms with E-state index in [-0.39, 0.29) is 25.2 Å². The van der Waals surface area contributed by atoms with Crippen LogP contribution >= 0.6 is 12.4 Å². The summed E-state index contributed by atoms with van der Waals surface area (Å²) in [6.45, 7) is 2.41. The zero-order valence-electron chi connectivity index (χ0n) is 11.7. The minimum Gasteiger partial charge on any atom is -0.382 e. The van der Waals surface area contributed by atoms with E-state index in [2.05, 4.69) is 0 Å². The average molecular weight is 324 g/mol. The number of aliphatic hydroxyl groups is 1. The molecular formula is C14H17ClF3NO2. The van der Waals surface area contributed by atoms with E-state index in [1.165, 1.54) is 6.92 Å². The Hall–Kier alpha value is -1.11.